The Balaban J connectivity index is 1.77. The molecule has 130 valence electrons. The summed E-state index contributed by atoms with van der Waals surface area (Å²) < 4.78 is 10.0. The number of aliphatic hydroxyl groups is 1. The minimum absolute atomic E-state index is 0.250. The Morgan fingerprint density at radius 1 is 1.38 bits per heavy atom. The Bertz CT molecular complexity index is 642. The molecule has 3 rings (SSSR count). The van der Waals surface area contributed by atoms with E-state index in [0.717, 1.165) is 42.8 Å². The van der Waals surface area contributed by atoms with Gasteiger partial charge in [-0.1, -0.05) is 17.7 Å². The van der Waals surface area contributed by atoms with Gasteiger partial charge in [0.25, 0.3) is 0 Å². The van der Waals surface area contributed by atoms with Crippen LogP contribution in [0.2, 0.25) is 0 Å². The first-order valence-corrected chi connectivity index (χ1v) is 8.42. The molecule has 1 aromatic carbocycles. The zero-order chi connectivity index (χ0) is 17.2. The van der Waals surface area contributed by atoms with Gasteiger partial charge < -0.3 is 14.6 Å². The van der Waals surface area contributed by atoms with E-state index in [1.807, 2.05) is 24.3 Å². The van der Waals surface area contributed by atoms with E-state index in [9.17, 15) is 9.90 Å². The van der Waals surface area contributed by atoms with E-state index in [4.69, 9.17) is 9.47 Å². The van der Waals surface area contributed by atoms with E-state index in [2.05, 4.69) is 4.90 Å². The van der Waals surface area contributed by atoms with Gasteiger partial charge in [-0.3, -0.25) is 4.90 Å². The molecule has 0 radical (unpaired) electrons. The fourth-order valence-electron chi connectivity index (χ4n) is 3.85. The Morgan fingerprint density at radius 3 is 2.96 bits per heavy atom. The molecule has 0 saturated carbocycles. The lowest BCUT2D eigenvalue weighted by molar-refractivity contribution is -0.134. The topological polar surface area (TPSA) is 59.0 Å². The molecular formula is C19H25NO4. The summed E-state index contributed by atoms with van der Waals surface area (Å²) in [6.07, 6.45) is 4.69. The van der Waals surface area contributed by atoms with Crippen molar-refractivity contribution in [2.24, 2.45) is 0 Å². The van der Waals surface area contributed by atoms with Crippen molar-refractivity contribution in [3.8, 4) is 5.75 Å². The van der Waals surface area contributed by atoms with Gasteiger partial charge in [-0.05, 0) is 43.4 Å². The molecule has 2 aliphatic heterocycles. The van der Waals surface area contributed by atoms with Crippen molar-refractivity contribution < 1.29 is 19.4 Å². The lowest BCUT2D eigenvalue weighted by Gasteiger charge is -2.47. The molecule has 2 atom stereocenters. The molecule has 2 aliphatic rings. The fraction of sp³-hybridized carbons (Fsp3) is 0.526. The lowest BCUT2D eigenvalue weighted by atomic mass is 9.77. The number of hydrogen-bond acceptors (Lipinski definition) is 5. The van der Waals surface area contributed by atoms with Crippen LogP contribution in [0.4, 0.5) is 0 Å². The number of carbonyl (C=O) groups excluding carboxylic acids is 1. The van der Waals surface area contributed by atoms with E-state index in [-0.39, 0.29) is 12.0 Å². The molecule has 24 heavy (non-hydrogen) atoms. The molecule has 0 aromatic heterocycles. The molecule has 2 unspecified atom stereocenters. The first-order valence-electron chi connectivity index (χ1n) is 8.42. The summed E-state index contributed by atoms with van der Waals surface area (Å²) in [5.74, 6) is 0.468. The molecular weight excluding hydrogens is 306 g/mol. The van der Waals surface area contributed by atoms with Gasteiger partial charge in [0.15, 0.2) is 0 Å². The fourth-order valence-corrected chi connectivity index (χ4v) is 3.85. The number of rotatable bonds is 3. The predicted octanol–water partition coefficient (Wildman–Crippen LogP) is 2.24. The number of nitrogens with zero attached hydrogens (tertiary/aromatic N) is 1. The number of fused-ring (bicyclic) bond motifs is 1. The quantitative estimate of drug-likeness (QED) is 0.680. The molecule has 0 aliphatic carbocycles. The number of hydrogen-bond donors (Lipinski definition) is 1. The van der Waals surface area contributed by atoms with E-state index in [0.29, 0.717) is 12.8 Å². The molecule has 5 heteroatoms. The van der Waals surface area contributed by atoms with Crippen LogP contribution in [0.15, 0.2) is 35.9 Å². The highest BCUT2D eigenvalue weighted by Crippen LogP contribution is 2.40. The molecule has 1 aromatic rings. The third-order valence-electron chi connectivity index (χ3n) is 5.25. The van der Waals surface area contributed by atoms with E-state index >= 15 is 0 Å². The number of benzene rings is 1. The van der Waals surface area contributed by atoms with E-state index < -0.39 is 5.60 Å². The standard InChI is InChI=1S/C19H25NO4/c1-23-17-5-3-4-15(12-17)19(22)7-9-20-8-6-14(10-16(20)13-19)11-18(21)24-2/h3-5,11-12,16,22H,6-10,13H2,1-2H3/b14-11-. The highest BCUT2D eigenvalue weighted by Gasteiger charge is 2.41. The van der Waals surface area contributed by atoms with Crippen LogP contribution >= 0.6 is 0 Å². The number of carbonyl (C=O) groups is 1. The predicted molar refractivity (Wildman–Crippen MR) is 90.8 cm³/mol. The SMILES string of the molecule is COC(=O)/C=C1/CCN2CCC(O)(c3cccc(OC)c3)CC2C1. The van der Waals surface area contributed by atoms with Crippen LogP contribution in [0.25, 0.3) is 0 Å². The first kappa shape index (κ1) is 17.0. The zero-order valence-corrected chi connectivity index (χ0v) is 14.3. The van der Waals surface area contributed by atoms with Crippen molar-refractivity contribution in [3.05, 3.63) is 41.5 Å². The van der Waals surface area contributed by atoms with Gasteiger partial charge in [0.1, 0.15) is 5.75 Å². The van der Waals surface area contributed by atoms with Crippen molar-refractivity contribution in [2.45, 2.75) is 37.3 Å². The van der Waals surface area contributed by atoms with Crippen molar-refractivity contribution in [3.63, 3.8) is 0 Å². The maximum absolute atomic E-state index is 11.5. The lowest BCUT2D eigenvalue weighted by Crippen LogP contribution is -2.51. The number of ether oxygens (including phenoxy) is 2. The number of methoxy groups -OCH3 is 2. The van der Waals surface area contributed by atoms with Gasteiger partial charge in [0.05, 0.1) is 19.8 Å². The van der Waals surface area contributed by atoms with Crippen LogP contribution in [0.1, 0.15) is 31.2 Å². The second kappa shape index (κ2) is 6.95. The highest BCUT2D eigenvalue weighted by atomic mass is 16.5. The monoisotopic (exact) mass is 331 g/mol. The van der Waals surface area contributed by atoms with Gasteiger partial charge in [0.2, 0.25) is 0 Å². The van der Waals surface area contributed by atoms with Crippen LogP contribution in [0.3, 0.4) is 0 Å². The van der Waals surface area contributed by atoms with E-state index in [1.54, 1.807) is 13.2 Å². The summed E-state index contributed by atoms with van der Waals surface area (Å²) in [6, 6.07) is 7.94. The van der Waals surface area contributed by atoms with Crippen LogP contribution in [-0.2, 0) is 15.1 Å². The van der Waals surface area contributed by atoms with Crippen molar-refractivity contribution in [2.75, 3.05) is 27.3 Å². The zero-order valence-electron chi connectivity index (χ0n) is 14.3. The smallest absolute Gasteiger partial charge is 0.330 e. The minimum atomic E-state index is -0.844. The van der Waals surface area contributed by atoms with Crippen molar-refractivity contribution in [1.29, 1.82) is 0 Å². The van der Waals surface area contributed by atoms with Crippen LogP contribution in [-0.4, -0.2) is 49.3 Å². The van der Waals surface area contributed by atoms with Crippen LogP contribution < -0.4 is 4.74 Å². The average molecular weight is 331 g/mol. The molecule has 0 amide bonds. The summed E-state index contributed by atoms with van der Waals surface area (Å²) in [4.78, 5) is 13.9. The summed E-state index contributed by atoms with van der Waals surface area (Å²) in [7, 11) is 3.04. The Kier molecular flexibility index (Phi) is 4.92. The van der Waals surface area contributed by atoms with Crippen LogP contribution in [0, 0.1) is 0 Å². The maximum Gasteiger partial charge on any atom is 0.330 e. The van der Waals surface area contributed by atoms with Crippen molar-refractivity contribution >= 4 is 5.97 Å². The third kappa shape index (κ3) is 3.47. The third-order valence-corrected chi connectivity index (χ3v) is 5.25. The first-order chi connectivity index (χ1) is 11.5. The van der Waals surface area contributed by atoms with Gasteiger partial charge in [0, 0.05) is 25.2 Å². The Hall–Kier alpha value is -1.85. The molecule has 0 spiro atoms. The Labute approximate surface area is 142 Å². The summed E-state index contributed by atoms with van der Waals surface area (Å²) >= 11 is 0. The summed E-state index contributed by atoms with van der Waals surface area (Å²) in [6.45, 7) is 1.80. The molecule has 2 heterocycles. The average Bonchev–Trinajstić information content (AvgIpc) is 2.61. The second-order valence-electron chi connectivity index (χ2n) is 6.69. The molecule has 5 nitrogen and oxygen atoms in total. The van der Waals surface area contributed by atoms with Gasteiger partial charge >= 0.3 is 5.97 Å². The van der Waals surface area contributed by atoms with Crippen LogP contribution in [0.5, 0.6) is 5.75 Å². The molecule has 2 fully saturated rings. The normalized spacial score (nSPS) is 29.1. The Morgan fingerprint density at radius 2 is 2.21 bits per heavy atom. The largest absolute Gasteiger partial charge is 0.497 e. The van der Waals surface area contributed by atoms with Gasteiger partial charge in [-0.2, -0.15) is 0 Å². The summed E-state index contributed by atoms with van der Waals surface area (Å²) in [5.41, 5.74) is 1.17. The second-order valence-corrected chi connectivity index (χ2v) is 6.69. The minimum Gasteiger partial charge on any atom is -0.497 e. The number of esters is 1. The molecule has 1 N–H and O–H groups in total. The van der Waals surface area contributed by atoms with E-state index in [1.165, 1.54) is 7.11 Å². The summed E-state index contributed by atoms with van der Waals surface area (Å²) in [5, 5.41) is 11.2. The van der Waals surface area contributed by atoms with Gasteiger partial charge in [-0.25, -0.2) is 4.79 Å². The van der Waals surface area contributed by atoms with Gasteiger partial charge in [-0.15, -0.1) is 0 Å². The maximum atomic E-state index is 11.5. The highest BCUT2D eigenvalue weighted by molar-refractivity contribution is 5.82. The van der Waals surface area contributed by atoms with Crippen molar-refractivity contribution in [1.82, 2.24) is 4.90 Å². The number of piperidine rings is 2. The molecule has 2 saturated heterocycles. The molecule has 0 bridgehead atoms.